The molecular formula is C21H18N4. The van der Waals surface area contributed by atoms with Crippen LogP contribution in [0.25, 0.3) is 24.3 Å². The van der Waals surface area contributed by atoms with Crippen molar-refractivity contribution in [3.8, 4) is 0 Å². The largest absolute Gasteiger partial charge is 0.399 e. The molecular weight excluding hydrogens is 308 g/mol. The van der Waals surface area contributed by atoms with Crippen LogP contribution in [-0.2, 0) is 0 Å². The second kappa shape index (κ2) is 6.17. The SMILES string of the molecule is C=C1/C=C\C(N)=C\c2ccc([nH]2)/C=C2/C=CC(=N2)/C=c2/cc/c([nH]2)=C/1. The molecule has 0 radical (unpaired) electrons. The quantitative estimate of drug-likeness (QED) is 0.683. The molecule has 0 fully saturated rings. The highest BCUT2D eigenvalue weighted by Gasteiger charge is 2.03. The van der Waals surface area contributed by atoms with Crippen LogP contribution in [0.2, 0.25) is 0 Å². The topological polar surface area (TPSA) is 70.0 Å². The van der Waals surface area contributed by atoms with E-state index in [1.165, 1.54) is 0 Å². The van der Waals surface area contributed by atoms with Crippen LogP contribution in [0.1, 0.15) is 11.4 Å². The minimum absolute atomic E-state index is 0.654. The van der Waals surface area contributed by atoms with Crippen molar-refractivity contribution >= 4 is 30.0 Å². The fourth-order valence-electron chi connectivity index (χ4n) is 2.75. The lowest BCUT2D eigenvalue weighted by Crippen LogP contribution is -2.10. The second-order valence-electron chi connectivity index (χ2n) is 6.02. The predicted octanol–water partition coefficient (Wildman–Crippen LogP) is 2.38. The van der Waals surface area contributed by atoms with Gasteiger partial charge in [0.25, 0.3) is 0 Å². The van der Waals surface area contributed by atoms with E-state index in [2.05, 4.69) is 21.5 Å². The lowest BCUT2D eigenvalue weighted by atomic mass is 10.2. The molecule has 0 atom stereocenters. The van der Waals surface area contributed by atoms with E-state index < -0.39 is 0 Å². The first-order chi connectivity index (χ1) is 12.1. The summed E-state index contributed by atoms with van der Waals surface area (Å²) < 4.78 is 0. The van der Waals surface area contributed by atoms with Crippen LogP contribution >= 0.6 is 0 Å². The van der Waals surface area contributed by atoms with Gasteiger partial charge in [0.1, 0.15) is 0 Å². The van der Waals surface area contributed by atoms with Gasteiger partial charge in [0.15, 0.2) is 0 Å². The Morgan fingerprint density at radius 3 is 2.36 bits per heavy atom. The van der Waals surface area contributed by atoms with Crippen molar-refractivity contribution in [3.63, 3.8) is 0 Å². The van der Waals surface area contributed by atoms with Crippen LogP contribution < -0.4 is 16.4 Å². The summed E-state index contributed by atoms with van der Waals surface area (Å²) in [4.78, 5) is 11.3. The number of fused-ring (bicyclic) bond motifs is 5. The highest BCUT2D eigenvalue weighted by molar-refractivity contribution is 6.19. The molecule has 25 heavy (non-hydrogen) atoms. The molecule has 4 rings (SSSR count). The third kappa shape index (κ3) is 3.53. The van der Waals surface area contributed by atoms with Gasteiger partial charge in [0, 0.05) is 27.8 Å². The molecule has 122 valence electrons. The van der Waals surface area contributed by atoms with Crippen molar-refractivity contribution in [2.45, 2.75) is 0 Å². The lowest BCUT2D eigenvalue weighted by molar-refractivity contribution is 1.27. The zero-order valence-electron chi connectivity index (χ0n) is 13.7. The van der Waals surface area contributed by atoms with E-state index >= 15 is 0 Å². The van der Waals surface area contributed by atoms with Gasteiger partial charge in [-0.15, -0.1) is 0 Å². The minimum atomic E-state index is 0.654. The number of H-pyrrole nitrogens is 2. The normalized spacial score (nSPS) is 24.6. The van der Waals surface area contributed by atoms with Crippen molar-refractivity contribution in [1.29, 1.82) is 0 Å². The number of nitrogens with two attached hydrogens (primary N) is 1. The van der Waals surface area contributed by atoms with Gasteiger partial charge >= 0.3 is 0 Å². The van der Waals surface area contributed by atoms with Gasteiger partial charge in [-0.05, 0) is 72.4 Å². The maximum absolute atomic E-state index is 6.07. The molecule has 4 heteroatoms. The summed E-state index contributed by atoms with van der Waals surface area (Å²) in [5, 5.41) is 1.98. The molecule has 4 N–H and O–H groups in total. The number of hydrogen-bond acceptors (Lipinski definition) is 2. The highest BCUT2D eigenvalue weighted by atomic mass is 14.8. The number of rotatable bonds is 0. The van der Waals surface area contributed by atoms with E-state index in [0.29, 0.717) is 5.70 Å². The molecule has 4 heterocycles. The Morgan fingerprint density at radius 1 is 0.760 bits per heavy atom. The smallest absolute Gasteiger partial charge is 0.0658 e. The maximum Gasteiger partial charge on any atom is 0.0658 e. The predicted molar refractivity (Wildman–Crippen MR) is 105 cm³/mol. The summed E-state index contributed by atoms with van der Waals surface area (Å²) in [5.41, 5.74) is 11.3. The van der Waals surface area contributed by atoms with Crippen LogP contribution in [0.15, 0.2) is 77.1 Å². The molecule has 0 aromatic carbocycles. The van der Waals surface area contributed by atoms with Gasteiger partial charge in [0.2, 0.25) is 0 Å². The van der Waals surface area contributed by atoms with Gasteiger partial charge in [-0.3, -0.25) is 0 Å². The number of aliphatic imine (C=N–C) groups is 1. The molecule has 0 saturated carbocycles. The number of allylic oxidation sites excluding steroid dienone is 5. The molecule has 0 saturated heterocycles. The third-order valence-electron chi connectivity index (χ3n) is 3.91. The van der Waals surface area contributed by atoms with Crippen molar-refractivity contribution in [2.75, 3.05) is 0 Å². The molecule has 2 aromatic heterocycles. The Morgan fingerprint density at radius 2 is 1.52 bits per heavy atom. The van der Waals surface area contributed by atoms with E-state index in [4.69, 9.17) is 5.73 Å². The van der Waals surface area contributed by atoms with Crippen LogP contribution in [0.3, 0.4) is 0 Å². The van der Waals surface area contributed by atoms with Gasteiger partial charge in [0.05, 0.1) is 11.4 Å². The fraction of sp³-hybridized carbons (Fsp3) is 0. The van der Waals surface area contributed by atoms with Crippen LogP contribution in [-0.4, -0.2) is 15.7 Å². The Bertz CT molecular complexity index is 1110. The fourth-order valence-corrected chi connectivity index (χ4v) is 2.75. The maximum atomic E-state index is 6.07. The number of aromatic amines is 2. The van der Waals surface area contributed by atoms with E-state index in [1.54, 1.807) is 0 Å². The minimum Gasteiger partial charge on any atom is -0.399 e. The van der Waals surface area contributed by atoms with E-state index in [0.717, 1.165) is 39.1 Å². The van der Waals surface area contributed by atoms with E-state index in [-0.39, 0.29) is 0 Å². The van der Waals surface area contributed by atoms with Gasteiger partial charge < -0.3 is 15.7 Å². The molecule has 2 aromatic rings. The first-order valence-electron chi connectivity index (χ1n) is 8.04. The zero-order chi connectivity index (χ0) is 17.2. The van der Waals surface area contributed by atoms with Crippen LogP contribution in [0.5, 0.6) is 0 Å². The highest BCUT2D eigenvalue weighted by Crippen LogP contribution is 2.15. The Labute approximate surface area is 145 Å². The first-order valence-corrected chi connectivity index (χ1v) is 8.04. The van der Waals surface area contributed by atoms with Gasteiger partial charge in [-0.25, -0.2) is 4.99 Å². The van der Waals surface area contributed by atoms with Crippen molar-refractivity contribution in [2.24, 2.45) is 10.7 Å². The Kier molecular flexibility index (Phi) is 3.71. The number of nitrogens with zero attached hydrogens (tertiary/aromatic N) is 1. The van der Waals surface area contributed by atoms with Gasteiger partial charge in [-0.1, -0.05) is 12.7 Å². The van der Waals surface area contributed by atoms with Crippen LogP contribution in [0, 0.1) is 0 Å². The molecule has 0 spiro atoms. The Balaban J connectivity index is 1.84. The third-order valence-corrected chi connectivity index (χ3v) is 3.91. The number of nitrogens with one attached hydrogen (secondary N) is 2. The molecule has 0 aliphatic carbocycles. The van der Waals surface area contributed by atoms with Crippen molar-refractivity contribution in [1.82, 2.24) is 9.97 Å². The summed E-state index contributed by atoms with van der Waals surface area (Å²) in [6.45, 7) is 4.05. The first kappa shape index (κ1) is 15.0. The monoisotopic (exact) mass is 326 g/mol. The molecule has 2 aliphatic heterocycles. The lowest BCUT2D eigenvalue weighted by Gasteiger charge is -1.94. The second-order valence-corrected chi connectivity index (χ2v) is 6.02. The molecule has 0 amide bonds. The van der Waals surface area contributed by atoms with Crippen molar-refractivity contribution in [3.05, 3.63) is 94.2 Å². The van der Waals surface area contributed by atoms with Crippen molar-refractivity contribution < 1.29 is 0 Å². The summed E-state index contributed by atoms with van der Waals surface area (Å²) >= 11 is 0. The summed E-state index contributed by atoms with van der Waals surface area (Å²) in [7, 11) is 0. The molecule has 2 aliphatic rings. The average Bonchev–Trinajstić information content (AvgIpc) is 3.29. The molecule has 6 bridgehead atoms. The number of hydrogen-bond donors (Lipinski definition) is 3. The summed E-state index contributed by atoms with van der Waals surface area (Å²) in [6, 6.07) is 8.04. The molecule has 0 unspecified atom stereocenters. The molecule has 4 nitrogen and oxygen atoms in total. The number of aromatic nitrogens is 2. The van der Waals surface area contributed by atoms with Gasteiger partial charge in [-0.2, -0.15) is 0 Å². The standard InChI is InChI=1S/C21H18N4/c1-14-2-3-15(22)11-17-5-7-19(24-17)13-21-9-8-20(25-21)12-18-6-4-16(10-14)23-18/h2-13,23-24H,1,22H2/b3-2-,15-11-,16-10-,18-12-,21-13-. The average molecular weight is 326 g/mol. The van der Waals surface area contributed by atoms with E-state index in [9.17, 15) is 0 Å². The van der Waals surface area contributed by atoms with E-state index in [1.807, 2.05) is 72.9 Å². The zero-order valence-corrected chi connectivity index (χ0v) is 13.7. The summed E-state index contributed by atoms with van der Waals surface area (Å²) in [5.74, 6) is 0. The van der Waals surface area contributed by atoms with Crippen LogP contribution in [0.4, 0.5) is 0 Å². The summed E-state index contributed by atoms with van der Waals surface area (Å²) in [6.07, 6.45) is 15.6. The Hall–Kier alpha value is -3.53.